The second kappa shape index (κ2) is 2.95. The minimum Gasteiger partial charge on any atom is -0.481 e. The molecule has 0 unspecified atom stereocenters. The van der Waals surface area contributed by atoms with E-state index in [1.807, 2.05) is 0 Å². The predicted molar refractivity (Wildman–Crippen MR) is 30.3 cm³/mol. The van der Waals surface area contributed by atoms with Gasteiger partial charge in [0.2, 0.25) is 0 Å². The maximum atomic E-state index is 10.0. The predicted octanol–water partition coefficient (Wildman–Crippen LogP) is 0.0868. The Balaban J connectivity index is 2.35. The highest BCUT2D eigenvalue weighted by atomic mass is 16.6. The van der Waals surface area contributed by atoms with E-state index in [0.29, 0.717) is 12.1 Å². The lowest BCUT2D eigenvalue weighted by Gasteiger charge is -1.86. The van der Waals surface area contributed by atoms with E-state index in [1.165, 1.54) is 6.20 Å². The van der Waals surface area contributed by atoms with Crippen LogP contribution in [0.2, 0.25) is 0 Å². The maximum absolute atomic E-state index is 10.0. The standard InChI is InChI=1S/C5H6N2O3/c8-5(9)2-1-4-3-6-10-7-4/h3H,1-2H2,(H,8,9). The van der Waals surface area contributed by atoms with Crippen molar-refractivity contribution >= 4 is 5.97 Å². The van der Waals surface area contributed by atoms with E-state index in [0.717, 1.165) is 0 Å². The molecule has 0 aliphatic rings. The SMILES string of the molecule is O=C(O)CCc1cnon1. The smallest absolute Gasteiger partial charge is 0.303 e. The van der Waals surface area contributed by atoms with Crippen LogP contribution in [0.3, 0.4) is 0 Å². The molecule has 1 aromatic heterocycles. The fourth-order valence-electron chi connectivity index (χ4n) is 0.529. The lowest BCUT2D eigenvalue weighted by molar-refractivity contribution is -0.136. The summed E-state index contributed by atoms with van der Waals surface area (Å²) < 4.78 is 4.25. The molecule has 1 rings (SSSR count). The van der Waals surface area contributed by atoms with E-state index in [1.54, 1.807) is 0 Å². The molecule has 0 saturated carbocycles. The van der Waals surface area contributed by atoms with Gasteiger partial charge in [-0.3, -0.25) is 4.79 Å². The quantitative estimate of drug-likeness (QED) is 0.647. The van der Waals surface area contributed by atoms with Crippen LogP contribution in [0.25, 0.3) is 0 Å². The molecule has 0 bridgehead atoms. The van der Waals surface area contributed by atoms with Gasteiger partial charge in [-0.1, -0.05) is 10.3 Å². The molecule has 0 aliphatic carbocycles. The molecule has 0 atom stereocenters. The van der Waals surface area contributed by atoms with Gasteiger partial charge in [-0.2, -0.15) is 0 Å². The Bertz CT molecular complexity index is 207. The van der Waals surface area contributed by atoms with Crippen molar-refractivity contribution in [3.05, 3.63) is 11.9 Å². The number of aryl methyl sites for hydroxylation is 1. The molecule has 0 saturated heterocycles. The molecule has 1 aromatic rings. The van der Waals surface area contributed by atoms with Gasteiger partial charge in [0.1, 0.15) is 5.69 Å². The Morgan fingerprint density at radius 1 is 1.80 bits per heavy atom. The van der Waals surface area contributed by atoms with Crippen molar-refractivity contribution in [3.8, 4) is 0 Å². The minimum absolute atomic E-state index is 0.0637. The molecule has 0 radical (unpaired) electrons. The number of aromatic nitrogens is 2. The highest BCUT2D eigenvalue weighted by Crippen LogP contribution is 1.95. The van der Waals surface area contributed by atoms with Crippen LogP contribution >= 0.6 is 0 Å². The molecule has 1 N–H and O–H groups in total. The van der Waals surface area contributed by atoms with Crippen LogP contribution in [-0.4, -0.2) is 21.4 Å². The number of carboxylic acids is 1. The number of carbonyl (C=O) groups is 1. The van der Waals surface area contributed by atoms with Crippen LogP contribution in [0.1, 0.15) is 12.1 Å². The van der Waals surface area contributed by atoms with Crippen molar-refractivity contribution in [1.29, 1.82) is 0 Å². The zero-order chi connectivity index (χ0) is 7.40. The fraction of sp³-hybridized carbons (Fsp3) is 0.400. The Labute approximate surface area is 56.6 Å². The zero-order valence-corrected chi connectivity index (χ0v) is 5.15. The van der Waals surface area contributed by atoms with E-state index in [-0.39, 0.29) is 6.42 Å². The molecule has 0 spiro atoms. The van der Waals surface area contributed by atoms with Crippen molar-refractivity contribution in [2.75, 3.05) is 0 Å². The van der Waals surface area contributed by atoms with Crippen molar-refractivity contribution < 1.29 is 14.5 Å². The first kappa shape index (κ1) is 6.73. The molecule has 5 nitrogen and oxygen atoms in total. The average Bonchev–Trinajstić information content (AvgIpc) is 2.34. The summed E-state index contributed by atoms with van der Waals surface area (Å²) in [6.45, 7) is 0. The van der Waals surface area contributed by atoms with E-state index in [2.05, 4.69) is 14.9 Å². The second-order valence-electron chi connectivity index (χ2n) is 1.79. The first-order valence-corrected chi connectivity index (χ1v) is 2.77. The third-order valence-corrected chi connectivity index (χ3v) is 1.00. The lowest BCUT2D eigenvalue weighted by atomic mass is 10.2. The highest BCUT2D eigenvalue weighted by Gasteiger charge is 2.00. The molecule has 1 heterocycles. The van der Waals surface area contributed by atoms with Gasteiger partial charge in [0.25, 0.3) is 0 Å². The summed E-state index contributed by atoms with van der Waals surface area (Å²) in [6.07, 6.45) is 1.84. The Kier molecular flexibility index (Phi) is 1.99. The van der Waals surface area contributed by atoms with Crippen LogP contribution in [-0.2, 0) is 11.2 Å². The molecular formula is C5H6N2O3. The highest BCUT2D eigenvalue weighted by molar-refractivity contribution is 5.66. The maximum Gasteiger partial charge on any atom is 0.303 e. The molecule has 54 valence electrons. The molecule has 0 aromatic carbocycles. The van der Waals surface area contributed by atoms with Crippen molar-refractivity contribution in [3.63, 3.8) is 0 Å². The Morgan fingerprint density at radius 3 is 3.10 bits per heavy atom. The van der Waals surface area contributed by atoms with Gasteiger partial charge >= 0.3 is 5.97 Å². The minimum atomic E-state index is -0.844. The van der Waals surface area contributed by atoms with Crippen molar-refractivity contribution in [2.24, 2.45) is 0 Å². The number of carboxylic acid groups (broad SMARTS) is 1. The molecule has 5 heteroatoms. The lowest BCUT2D eigenvalue weighted by Crippen LogP contribution is -1.97. The third-order valence-electron chi connectivity index (χ3n) is 1.00. The fourth-order valence-corrected chi connectivity index (χ4v) is 0.529. The number of aliphatic carboxylic acids is 1. The summed E-state index contributed by atoms with van der Waals surface area (Å²) >= 11 is 0. The molecule has 0 aliphatic heterocycles. The number of nitrogens with zero attached hydrogens (tertiary/aromatic N) is 2. The van der Waals surface area contributed by atoms with Crippen LogP contribution in [0, 0.1) is 0 Å². The molecule has 10 heavy (non-hydrogen) atoms. The van der Waals surface area contributed by atoms with E-state index in [9.17, 15) is 4.79 Å². The summed E-state index contributed by atoms with van der Waals surface area (Å²) in [6, 6.07) is 0. The van der Waals surface area contributed by atoms with Crippen molar-refractivity contribution in [1.82, 2.24) is 10.3 Å². The summed E-state index contributed by atoms with van der Waals surface area (Å²) in [7, 11) is 0. The van der Waals surface area contributed by atoms with E-state index >= 15 is 0 Å². The first-order chi connectivity index (χ1) is 4.79. The van der Waals surface area contributed by atoms with Gasteiger partial charge in [-0.25, -0.2) is 4.63 Å². The number of hydrogen-bond donors (Lipinski definition) is 1. The zero-order valence-electron chi connectivity index (χ0n) is 5.15. The molecular weight excluding hydrogens is 136 g/mol. The summed E-state index contributed by atoms with van der Waals surface area (Å²) in [5.41, 5.74) is 0.572. The van der Waals surface area contributed by atoms with Crippen LogP contribution in [0.4, 0.5) is 0 Å². The monoisotopic (exact) mass is 142 g/mol. The largest absolute Gasteiger partial charge is 0.481 e. The summed E-state index contributed by atoms with van der Waals surface area (Å²) in [5, 5.41) is 15.0. The number of hydrogen-bond acceptors (Lipinski definition) is 4. The summed E-state index contributed by atoms with van der Waals surface area (Å²) in [5.74, 6) is -0.844. The van der Waals surface area contributed by atoms with Gasteiger partial charge in [-0.15, -0.1) is 0 Å². The number of rotatable bonds is 3. The normalized spacial score (nSPS) is 9.60. The summed E-state index contributed by atoms with van der Waals surface area (Å²) in [4.78, 5) is 10.0. The second-order valence-corrected chi connectivity index (χ2v) is 1.79. The third kappa shape index (κ3) is 1.85. The van der Waals surface area contributed by atoms with Gasteiger partial charge in [0, 0.05) is 6.42 Å². The van der Waals surface area contributed by atoms with Gasteiger partial charge < -0.3 is 5.11 Å². The van der Waals surface area contributed by atoms with Crippen LogP contribution in [0.15, 0.2) is 10.8 Å². The van der Waals surface area contributed by atoms with E-state index < -0.39 is 5.97 Å². The molecule has 0 amide bonds. The van der Waals surface area contributed by atoms with Crippen LogP contribution < -0.4 is 0 Å². The Hall–Kier alpha value is -1.39. The average molecular weight is 142 g/mol. The van der Waals surface area contributed by atoms with Gasteiger partial charge in [-0.05, 0) is 0 Å². The van der Waals surface area contributed by atoms with Crippen molar-refractivity contribution in [2.45, 2.75) is 12.8 Å². The van der Waals surface area contributed by atoms with E-state index in [4.69, 9.17) is 5.11 Å². The Morgan fingerprint density at radius 2 is 2.60 bits per heavy atom. The van der Waals surface area contributed by atoms with Gasteiger partial charge in [0.05, 0.1) is 12.6 Å². The molecule has 0 fully saturated rings. The van der Waals surface area contributed by atoms with Gasteiger partial charge in [0.15, 0.2) is 0 Å². The first-order valence-electron chi connectivity index (χ1n) is 2.77. The van der Waals surface area contributed by atoms with Crippen LogP contribution in [0.5, 0.6) is 0 Å². The topological polar surface area (TPSA) is 76.2 Å².